The van der Waals surface area contributed by atoms with Crippen LogP contribution in [0.2, 0.25) is 0 Å². The molecule has 0 spiro atoms. The zero-order valence-electron chi connectivity index (χ0n) is 10.8. The van der Waals surface area contributed by atoms with Gasteiger partial charge in [0.1, 0.15) is 6.04 Å². The Hall–Kier alpha value is -1.75. The first kappa shape index (κ1) is 15.3. The summed E-state index contributed by atoms with van der Waals surface area (Å²) in [5.74, 6) is -0.171. The largest absolute Gasteiger partial charge is 0.376 e. The highest BCUT2D eigenvalue weighted by Gasteiger charge is 2.29. The highest BCUT2D eigenvalue weighted by Crippen LogP contribution is 2.08. The lowest BCUT2D eigenvalue weighted by molar-refractivity contribution is -0.131. The van der Waals surface area contributed by atoms with Crippen LogP contribution in [-0.4, -0.2) is 42.9 Å². The van der Waals surface area contributed by atoms with Crippen LogP contribution in [0.3, 0.4) is 0 Å². The average molecular weight is 284 g/mol. The number of rotatable bonds is 4. The van der Waals surface area contributed by atoms with Gasteiger partial charge >= 0.3 is 0 Å². The van der Waals surface area contributed by atoms with Crippen molar-refractivity contribution in [2.75, 3.05) is 25.5 Å². The van der Waals surface area contributed by atoms with Crippen LogP contribution in [0.4, 0.5) is 5.69 Å². The van der Waals surface area contributed by atoms with Gasteiger partial charge in [0.05, 0.1) is 6.54 Å². The minimum atomic E-state index is -0.361. The van der Waals surface area contributed by atoms with Crippen LogP contribution < -0.4 is 10.6 Å². The molecule has 1 unspecified atom stereocenters. The Kier molecular flexibility index (Phi) is 5.63. The van der Waals surface area contributed by atoms with Crippen LogP contribution in [0.15, 0.2) is 30.3 Å². The fourth-order valence-electron chi connectivity index (χ4n) is 1.94. The number of carbonyl (C=O) groups is 2. The first-order valence-corrected chi connectivity index (χ1v) is 6.00. The first-order valence-electron chi connectivity index (χ1n) is 6.00. The third-order valence-corrected chi connectivity index (χ3v) is 2.99. The van der Waals surface area contributed by atoms with Gasteiger partial charge in [-0.2, -0.15) is 0 Å². The van der Waals surface area contributed by atoms with Crippen molar-refractivity contribution in [1.29, 1.82) is 0 Å². The Balaban J connectivity index is 0.00000180. The molecule has 1 heterocycles. The van der Waals surface area contributed by atoms with E-state index in [2.05, 4.69) is 10.6 Å². The Bertz CT molecular complexity index is 439. The molecule has 0 radical (unpaired) electrons. The molecule has 2 amide bonds. The highest BCUT2D eigenvalue weighted by molar-refractivity contribution is 5.90. The normalized spacial score (nSPS) is 17.8. The smallest absolute Gasteiger partial charge is 0.244 e. The Morgan fingerprint density at radius 2 is 2.05 bits per heavy atom. The molecule has 2 N–H and O–H groups in total. The second-order valence-electron chi connectivity index (χ2n) is 4.39. The van der Waals surface area contributed by atoms with Crippen LogP contribution in [0.25, 0.3) is 0 Å². The second-order valence-corrected chi connectivity index (χ2v) is 4.39. The van der Waals surface area contributed by atoms with Crippen LogP contribution in [0.5, 0.6) is 0 Å². The van der Waals surface area contributed by atoms with Gasteiger partial charge in [-0.15, -0.1) is 12.4 Å². The van der Waals surface area contributed by atoms with Gasteiger partial charge in [0.2, 0.25) is 11.8 Å². The molecule has 1 fully saturated rings. The van der Waals surface area contributed by atoms with E-state index in [0.29, 0.717) is 13.0 Å². The molecule has 1 atom stereocenters. The van der Waals surface area contributed by atoms with E-state index in [4.69, 9.17) is 0 Å². The Labute approximate surface area is 118 Å². The predicted octanol–water partition coefficient (Wildman–Crippen LogP) is 0.867. The molecular weight excluding hydrogens is 266 g/mol. The van der Waals surface area contributed by atoms with Gasteiger partial charge in [0, 0.05) is 19.3 Å². The molecule has 1 aliphatic rings. The highest BCUT2D eigenvalue weighted by atomic mass is 35.5. The monoisotopic (exact) mass is 283 g/mol. The van der Waals surface area contributed by atoms with Crippen LogP contribution in [-0.2, 0) is 9.59 Å². The SMILES string of the molecule is CN1CCC(NC(=O)CNc2ccccc2)C1=O.Cl. The van der Waals surface area contributed by atoms with Gasteiger partial charge in [0.25, 0.3) is 0 Å². The second kappa shape index (κ2) is 6.99. The van der Waals surface area contributed by atoms with Crippen molar-refractivity contribution in [3.05, 3.63) is 30.3 Å². The lowest BCUT2D eigenvalue weighted by Gasteiger charge is -2.13. The summed E-state index contributed by atoms with van der Waals surface area (Å²) in [7, 11) is 1.75. The summed E-state index contributed by atoms with van der Waals surface area (Å²) in [5.41, 5.74) is 0.891. The fraction of sp³-hybridized carbons (Fsp3) is 0.385. The maximum Gasteiger partial charge on any atom is 0.244 e. The summed E-state index contributed by atoms with van der Waals surface area (Å²) in [6, 6.07) is 9.13. The number of anilines is 1. The van der Waals surface area contributed by atoms with Crippen LogP contribution in [0.1, 0.15) is 6.42 Å². The maximum absolute atomic E-state index is 11.7. The van der Waals surface area contributed by atoms with Crippen molar-refractivity contribution < 1.29 is 9.59 Å². The number of hydrogen-bond acceptors (Lipinski definition) is 3. The lowest BCUT2D eigenvalue weighted by atomic mass is 10.2. The van der Waals surface area contributed by atoms with E-state index in [-0.39, 0.29) is 36.8 Å². The zero-order chi connectivity index (χ0) is 13.0. The third-order valence-electron chi connectivity index (χ3n) is 2.99. The number of likely N-dealkylation sites (tertiary alicyclic amines) is 1. The van der Waals surface area contributed by atoms with E-state index >= 15 is 0 Å². The number of halogens is 1. The number of para-hydroxylation sites is 1. The fourth-order valence-corrected chi connectivity index (χ4v) is 1.94. The molecule has 0 aliphatic carbocycles. The van der Waals surface area contributed by atoms with Crippen molar-refractivity contribution in [2.24, 2.45) is 0 Å². The molecule has 5 nitrogen and oxygen atoms in total. The van der Waals surface area contributed by atoms with Crippen molar-refractivity contribution in [3.63, 3.8) is 0 Å². The van der Waals surface area contributed by atoms with E-state index in [1.165, 1.54) is 0 Å². The number of amides is 2. The van der Waals surface area contributed by atoms with Gasteiger partial charge in [-0.05, 0) is 18.6 Å². The van der Waals surface area contributed by atoms with Crippen molar-refractivity contribution in [1.82, 2.24) is 10.2 Å². The zero-order valence-corrected chi connectivity index (χ0v) is 11.6. The third kappa shape index (κ3) is 4.13. The Morgan fingerprint density at radius 1 is 1.37 bits per heavy atom. The molecular formula is C13H18ClN3O2. The number of benzene rings is 1. The van der Waals surface area contributed by atoms with Crippen molar-refractivity contribution in [3.8, 4) is 0 Å². The van der Waals surface area contributed by atoms with Crippen molar-refractivity contribution >= 4 is 29.9 Å². The van der Waals surface area contributed by atoms with E-state index in [9.17, 15) is 9.59 Å². The molecule has 6 heteroatoms. The van der Waals surface area contributed by atoms with Crippen LogP contribution >= 0.6 is 12.4 Å². The van der Waals surface area contributed by atoms with E-state index in [1.54, 1.807) is 11.9 Å². The number of carbonyl (C=O) groups excluding carboxylic acids is 2. The van der Waals surface area contributed by atoms with Gasteiger partial charge in [0.15, 0.2) is 0 Å². The standard InChI is InChI=1S/C13H17N3O2.ClH/c1-16-8-7-11(13(16)18)15-12(17)9-14-10-5-3-2-4-6-10;/h2-6,11,14H,7-9H2,1H3,(H,15,17);1H. The maximum atomic E-state index is 11.7. The molecule has 1 aromatic rings. The van der Waals surface area contributed by atoms with Crippen molar-refractivity contribution in [2.45, 2.75) is 12.5 Å². The number of hydrogen-bond donors (Lipinski definition) is 2. The van der Waals surface area contributed by atoms with E-state index < -0.39 is 0 Å². The summed E-state index contributed by atoms with van der Waals surface area (Å²) in [4.78, 5) is 24.9. The summed E-state index contributed by atoms with van der Waals surface area (Å²) < 4.78 is 0. The average Bonchev–Trinajstić information content (AvgIpc) is 2.70. The molecule has 1 saturated heterocycles. The van der Waals surface area contributed by atoms with Gasteiger partial charge in [-0.1, -0.05) is 18.2 Å². The molecule has 0 bridgehead atoms. The number of nitrogens with one attached hydrogen (secondary N) is 2. The van der Waals surface area contributed by atoms with Gasteiger partial charge < -0.3 is 15.5 Å². The number of nitrogens with zero attached hydrogens (tertiary/aromatic N) is 1. The predicted molar refractivity (Wildman–Crippen MR) is 76.4 cm³/mol. The van der Waals surface area contributed by atoms with Crippen LogP contribution in [0, 0.1) is 0 Å². The topological polar surface area (TPSA) is 61.4 Å². The molecule has 0 saturated carbocycles. The summed E-state index contributed by atoms with van der Waals surface area (Å²) in [6.07, 6.45) is 0.687. The van der Waals surface area contributed by atoms with Gasteiger partial charge in [-0.25, -0.2) is 0 Å². The quantitative estimate of drug-likeness (QED) is 0.862. The molecule has 0 aromatic heterocycles. The lowest BCUT2D eigenvalue weighted by Crippen LogP contribution is -2.42. The van der Waals surface area contributed by atoms with E-state index in [0.717, 1.165) is 5.69 Å². The minimum Gasteiger partial charge on any atom is -0.376 e. The minimum absolute atomic E-state index is 0. The molecule has 1 aliphatic heterocycles. The molecule has 19 heavy (non-hydrogen) atoms. The summed E-state index contributed by atoms with van der Waals surface area (Å²) in [6.45, 7) is 0.882. The van der Waals surface area contributed by atoms with E-state index in [1.807, 2.05) is 30.3 Å². The summed E-state index contributed by atoms with van der Waals surface area (Å²) >= 11 is 0. The van der Waals surface area contributed by atoms with Gasteiger partial charge in [-0.3, -0.25) is 9.59 Å². The Morgan fingerprint density at radius 3 is 2.63 bits per heavy atom. The first-order chi connectivity index (χ1) is 8.66. The molecule has 2 rings (SSSR count). The molecule has 1 aromatic carbocycles. The number of likely N-dealkylation sites (N-methyl/N-ethyl adjacent to an activating group) is 1. The molecule has 104 valence electrons. The summed E-state index contributed by atoms with van der Waals surface area (Å²) in [5, 5.41) is 5.74.